The van der Waals surface area contributed by atoms with Crippen LogP contribution >= 0.6 is 0 Å². The molecule has 1 aromatic carbocycles. The lowest BCUT2D eigenvalue weighted by atomic mass is 9.70. The summed E-state index contributed by atoms with van der Waals surface area (Å²) in [5.41, 5.74) is 4.70. The molecule has 3 amide bonds. The average Bonchev–Trinajstić information content (AvgIpc) is 2.50. The number of benzene rings is 1. The number of carbonyl (C=O) groups excluding carboxylic acids is 4. The number of Topliss-reactive ketones (excluding diaryl/α,β-unsaturated/α-hetero) is 1. The van der Waals surface area contributed by atoms with E-state index in [0.717, 1.165) is 19.3 Å². The number of anilines is 1. The number of rotatable bonds is 2. The van der Waals surface area contributed by atoms with Gasteiger partial charge in [0, 0.05) is 11.0 Å². The van der Waals surface area contributed by atoms with Gasteiger partial charge in [-0.15, -0.1) is 0 Å². The third kappa shape index (κ3) is 2.58. The Morgan fingerprint density at radius 2 is 1.87 bits per heavy atom. The fourth-order valence-corrected chi connectivity index (χ4v) is 2.80. The zero-order valence-electron chi connectivity index (χ0n) is 12.6. The van der Waals surface area contributed by atoms with Crippen molar-refractivity contribution in [3.8, 4) is 0 Å². The molecule has 1 heterocycles. The minimum atomic E-state index is -1.50. The van der Waals surface area contributed by atoms with Gasteiger partial charge in [-0.25, -0.2) is 0 Å². The minimum absolute atomic E-state index is 0.282. The predicted molar refractivity (Wildman–Crippen MR) is 81.1 cm³/mol. The Labute approximate surface area is 132 Å². The average molecular weight is 315 g/mol. The molecule has 1 fully saturated rings. The van der Waals surface area contributed by atoms with Gasteiger partial charge in [-0.05, 0) is 25.0 Å². The number of amides is 3. The molecule has 2 aliphatic rings. The van der Waals surface area contributed by atoms with Crippen molar-refractivity contribution in [2.45, 2.75) is 26.2 Å². The Bertz CT molecular complexity index is 709. The molecule has 0 spiro atoms. The quantitative estimate of drug-likeness (QED) is 0.554. The third-order valence-electron chi connectivity index (χ3n) is 4.54. The molecule has 7 heteroatoms. The largest absolute Gasteiger partial charge is 0.324 e. The fourth-order valence-electron chi connectivity index (χ4n) is 2.80. The van der Waals surface area contributed by atoms with E-state index in [1.165, 1.54) is 0 Å². The van der Waals surface area contributed by atoms with E-state index < -0.39 is 28.9 Å². The van der Waals surface area contributed by atoms with Crippen molar-refractivity contribution in [3.05, 3.63) is 29.8 Å². The van der Waals surface area contributed by atoms with Gasteiger partial charge >= 0.3 is 0 Å². The van der Waals surface area contributed by atoms with Crippen LogP contribution in [0, 0.1) is 11.3 Å². The molecular formula is C16H17N3O4. The number of para-hydroxylation sites is 1. The maximum atomic E-state index is 12.3. The van der Waals surface area contributed by atoms with Gasteiger partial charge in [0.05, 0.1) is 5.69 Å². The molecule has 120 valence electrons. The monoisotopic (exact) mass is 315 g/mol. The number of fused-ring (bicyclic) bond motifs is 1. The van der Waals surface area contributed by atoms with E-state index in [0.29, 0.717) is 5.69 Å². The number of nitrogens with one attached hydrogen (secondary N) is 3. The zero-order valence-corrected chi connectivity index (χ0v) is 12.6. The molecule has 0 aromatic heterocycles. The molecule has 3 N–H and O–H groups in total. The molecule has 7 nitrogen and oxygen atoms in total. The van der Waals surface area contributed by atoms with Gasteiger partial charge in [0.15, 0.2) is 11.7 Å². The zero-order chi connectivity index (χ0) is 16.6. The lowest BCUT2D eigenvalue weighted by Gasteiger charge is -2.36. The van der Waals surface area contributed by atoms with Crippen LogP contribution in [-0.4, -0.2) is 23.5 Å². The summed E-state index contributed by atoms with van der Waals surface area (Å²) in [5.74, 6) is -3.92. The van der Waals surface area contributed by atoms with Gasteiger partial charge in [0.25, 0.3) is 5.91 Å². The van der Waals surface area contributed by atoms with Crippen molar-refractivity contribution >= 4 is 29.2 Å². The first-order valence-corrected chi connectivity index (χ1v) is 7.47. The third-order valence-corrected chi connectivity index (χ3v) is 4.54. The molecule has 3 rings (SSSR count). The second kappa shape index (κ2) is 5.49. The van der Waals surface area contributed by atoms with Gasteiger partial charge in [0.2, 0.25) is 11.8 Å². The summed E-state index contributed by atoms with van der Waals surface area (Å²) < 4.78 is 0. The van der Waals surface area contributed by atoms with Gasteiger partial charge in [-0.3, -0.25) is 30.0 Å². The highest BCUT2D eigenvalue weighted by Crippen LogP contribution is 2.40. The highest BCUT2D eigenvalue weighted by atomic mass is 16.2. The first kappa shape index (κ1) is 15.2. The lowest BCUT2D eigenvalue weighted by molar-refractivity contribution is -0.140. The predicted octanol–water partition coefficient (Wildman–Crippen LogP) is 0.775. The highest BCUT2D eigenvalue weighted by Gasteiger charge is 2.42. The molecule has 0 bridgehead atoms. The summed E-state index contributed by atoms with van der Waals surface area (Å²) in [6.07, 6.45) is 2.48. The molecule has 23 heavy (non-hydrogen) atoms. The van der Waals surface area contributed by atoms with Crippen LogP contribution in [0.1, 0.15) is 36.5 Å². The van der Waals surface area contributed by atoms with Crippen LogP contribution in [0.5, 0.6) is 0 Å². The summed E-state index contributed by atoms with van der Waals surface area (Å²) in [6, 6.07) is 6.48. The van der Waals surface area contributed by atoms with Crippen LogP contribution < -0.4 is 16.2 Å². The van der Waals surface area contributed by atoms with Crippen LogP contribution in [0.25, 0.3) is 0 Å². The van der Waals surface area contributed by atoms with E-state index in [4.69, 9.17) is 0 Å². The van der Waals surface area contributed by atoms with Crippen LogP contribution in [0.3, 0.4) is 0 Å². The Kier molecular flexibility index (Phi) is 3.63. The minimum Gasteiger partial charge on any atom is -0.324 e. The summed E-state index contributed by atoms with van der Waals surface area (Å²) in [5, 5.41) is 2.53. The van der Waals surface area contributed by atoms with Crippen LogP contribution in [0.4, 0.5) is 5.69 Å². The lowest BCUT2D eigenvalue weighted by Crippen LogP contribution is -2.55. The number of hydrogen-bond donors (Lipinski definition) is 3. The molecule has 1 aliphatic heterocycles. The molecular weight excluding hydrogens is 298 g/mol. The smallest absolute Gasteiger partial charge is 0.258 e. The van der Waals surface area contributed by atoms with E-state index in [1.54, 1.807) is 24.3 Å². The van der Waals surface area contributed by atoms with Crippen molar-refractivity contribution in [1.29, 1.82) is 0 Å². The fraction of sp³-hybridized carbons (Fsp3) is 0.375. The molecule has 0 unspecified atom stereocenters. The second-order valence-electron chi connectivity index (χ2n) is 6.19. The highest BCUT2D eigenvalue weighted by molar-refractivity contribution is 6.30. The molecule has 1 aliphatic carbocycles. The van der Waals surface area contributed by atoms with Crippen molar-refractivity contribution < 1.29 is 19.2 Å². The number of hydrogen-bond acceptors (Lipinski definition) is 4. The maximum absolute atomic E-state index is 12.3. The van der Waals surface area contributed by atoms with Crippen molar-refractivity contribution in [2.75, 3.05) is 5.32 Å². The number of hydrazine groups is 1. The number of ketones is 1. The molecule has 0 saturated heterocycles. The van der Waals surface area contributed by atoms with Gasteiger partial charge in [0.1, 0.15) is 0 Å². The topological polar surface area (TPSA) is 104 Å². The van der Waals surface area contributed by atoms with E-state index in [9.17, 15) is 19.2 Å². The number of carbonyl (C=O) groups is 4. The van der Waals surface area contributed by atoms with E-state index in [2.05, 4.69) is 16.2 Å². The molecule has 1 atom stereocenters. The second-order valence-corrected chi connectivity index (χ2v) is 6.19. The van der Waals surface area contributed by atoms with Crippen LogP contribution in [0.15, 0.2) is 24.3 Å². The SMILES string of the molecule is CC1(C(=O)NNC(=O)[C@@H]2C(=O)Nc3ccccc3C2=O)CCC1. The normalized spacial score (nSPS) is 21.5. The molecule has 1 aromatic rings. The molecule has 0 radical (unpaired) electrons. The van der Waals surface area contributed by atoms with Gasteiger partial charge in [-0.2, -0.15) is 0 Å². The van der Waals surface area contributed by atoms with Gasteiger partial charge < -0.3 is 5.32 Å². The Hall–Kier alpha value is -2.70. The van der Waals surface area contributed by atoms with Crippen molar-refractivity contribution in [1.82, 2.24) is 10.9 Å². The summed E-state index contributed by atoms with van der Waals surface area (Å²) in [6.45, 7) is 1.81. The summed E-state index contributed by atoms with van der Waals surface area (Å²) in [4.78, 5) is 48.5. The first-order chi connectivity index (χ1) is 10.9. The van der Waals surface area contributed by atoms with Crippen molar-refractivity contribution in [3.63, 3.8) is 0 Å². The maximum Gasteiger partial charge on any atom is 0.258 e. The summed E-state index contributed by atoms with van der Waals surface area (Å²) >= 11 is 0. The summed E-state index contributed by atoms with van der Waals surface area (Å²) in [7, 11) is 0. The van der Waals surface area contributed by atoms with E-state index in [-0.39, 0.29) is 11.5 Å². The van der Waals surface area contributed by atoms with E-state index in [1.807, 2.05) is 6.92 Å². The van der Waals surface area contributed by atoms with E-state index >= 15 is 0 Å². The van der Waals surface area contributed by atoms with Crippen LogP contribution in [-0.2, 0) is 14.4 Å². The Morgan fingerprint density at radius 3 is 2.52 bits per heavy atom. The van der Waals surface area contributed by atoms with Crippen molar-refractivity contribution in [2.24, 2.45) is 11.3 Å². The van der Waals surface area contributed by atoms with Gasteiger partial charge in [-0.1, -0.05) is 25.5 Å². The molecule has 1 saturated carbocycles. The first-order valence-electron chi connectivity index (χ1n) is 7.47. The Balaban J connectivity index is 1.69. The Morgan fingerprint density at radius 1 is 1.17 bits per heavy atom. The standard InChI is InChI=1S/C16H17N3O4/c1-16(7-4-8-16)15(23)19-18-14(22)11-12(20)9-5-2-3-6-10(9)17-13(11)21/h2-3,5-6,11H,4,7-8H2,1H3,(H,17,21)(H,18,22)(H,19,23)/t11-/m0/s1. The van der Waals surface area contributed by atoms with Crippen LogP contribution in [0.2, 0.25) is 0 Å².